The lowest BCUT2D eigenvalue weighted by atomic mass is 10.1. The lowest BCUT2D eigenvalue weighted by Crippen LogP contribution is -1.99. The highest BCUT2D eigenvalue weighted by atomic mass is 35.5. The lowest BCUT2D eigenvalue weighted by Gasteiger charge is -2.12. The van der Waals surface area contributed by atoms with Crippen LogP contribution in [0.3, 0.4) is 0 Å². The average molecular weight is 266 g/mol. The standard InChI is InChI=1S/C12H12ClN3O2/c1-17-8-4-3-5-9(18-2)11(8)7-6-10(13)16-12(14)15-7/h3-6H,1-2H3,(H2,14,15,16). The molecule has 1 aromatic heterocycles. The fourth-order valence-corrected chi connectivity index (χ4v) is 1.86. The van der Waals surface area contributed by atoms with Crippen molar-refractivity contribution in [2.45, 2.75) is 0 Å². The maximum absolute atomic E-state index is 5.88. The largest absolute Gasteiger partial charge is 0.496 e. The van der Waals surface area contributed by atoms with Gasteiger partial charge in [-0.1, -0.05) is 17.7 Å². The van der Waals surface area contributed by atoms with Crippen molar-refractivity contribution < 1.29 is 9.47 Å². The zero-order valence-corrected chi connectivity index (χ0v) is 10.7. The van der Waals surface area contributed by atoms with Crippen LogP contribution in [0.5, 0.6) is 11.5 Å². The Morgan fingerprint density at radius 1 is 1.11 bits per heavy atom. The molecule has 94 valence electrons. The summed E-state index contributed by atoms with van der Waals surface area (Å²) in [6.07, 6.45) is 0. The highest BCUT2D eigenvalue weighted by Crippen LogP contribution is 2.37. The Balaban J connectivity index is 2.68. The van der Waals surface area contributed by atoms with Gasteiger partial charge in [-0.25, -0.2) is 9.97 Å². The van der Waals surface area contributed by atoms with Gasteiger partial charge in [-0.15, -0.1) is 0 Å². The van der Waals surface area contributed by atoms with Crippen molar-refractivity contribution in [3.63, 3.8) is 0 Å². The van der Waals surface area contributed by atoms with E-state index in [0.29, 0.717) is 22.8 Å². The first-order valence-corrected chi connectivity index (χ1v) is 5.55. The molecule has 0 unspecified atom stereocenters. The van der Waals surface area contributed by atoms with Crippen LogP contribution in [0.2, 0.25) is 5.15 Å². The van der Waals surface area contributed by atoms with E-state index in [1.165, 1.54) is 0 Å². The summed E-state index contributed by atoms with van der Waals surface area (Å²) < 4.78 is 10.6. The average Bonchev–Trinajstić information content (AvgIpc) is 2.36. The highest BCUT2D eigenvalue weighted by molar-refractivity contribution is 6.29. The molecule has 6 heteroatoms. The number of nitrogens with zero attached hydrogens (tertiary/aromatic N) is 2. The molecule has 0 spiro atoms. The van der Waals surface area contributed by atoms with Crippen LogP contribution in [0.25, 0.3) is 11.3 Å². The lowest BCUT2D eigenvalue weighted by molar-refractivity contribution is 0.397. The predicted molar refractivity (Wildman–Crippen MR) is 70.0 cm³/mol. The Labute approximate surface area is 110 Å². The molecule has 2 N–H and O–H groups in total. The number of halogens is 1. The number of ether oxygens (including phenoxy) is 2. The monoisotopic (exact) mass is 265 g/mol. The van der Waals surface area contributed by atoms with Gasteiger partial charge in [-0.05, 0) is 12.1 Å². The molecule has 1 heterocycles. The normalized spacial score (nSPS) is 10.2. The van der Waals surface area contributed by atoms with Crippen molar-refractivity contribution in [3.8, 4) is 22.8 Å². The number of benzene rings is 1. The Hall–Kier alpha value is -2.01. The second kappa shape index (κ2) is 5.10. The molecular formula is C12H12ClN3O2. The first kappa shape index (κ1) is 12.4. The molecule has 5 nitrogen and oxygen atoms in total. The number of hydrogen-bond donors (Lipinski definition) is 1. The minimum Gasteiger partial charge on any atom is -0.496 e. The molecule has 2 aromatic rings. The molecule has 0 atom stereocenters. The van der Waals surface area contributed by atoms with Gasteiger partial charge in [0.05, 0.1) is 25.5 Å². The van der Waals surface area contributed by atoms with E-state index in [9.17, 15) is 0 Å². The smallest absolute Gasteiger partial charge is 0.221 e. The molecule has 0 aliphatic carbocycles. The highest BCUT2D eigenvalue weighted by Gasteiger charge is 2.15. The molecule has 0 saturated heterocycles. The fraction of sp³-hybridized carbons (Fsp3) is 0.167. The van der Waals surface area contributed by atoms with Gasteiger partial charge in [0.25, 0.3) is 0 Å². The Morgan fingerprint density at radius 2 is 1.72 bits per heavy atom. The van der Waals surface area contributed by atoms with Crippen LogP contribution in [0.1, 0.15) is 0 Å². The van der Waals surface area contributed by atoms with Gasteiger partial charge in [-0.3, -0.25) is 0 Å². The second-order valence-corrected chi connectivity index (χ2v) is 3.86. The number of rotatable bonds is 3. The van der Waals surface area contributed by atoms with Crippen molar-refractivity contribution >= 4 is 17.5 Å². The molecule has 0 fully saturated rings. The fourth-order valence-electron chi connectivity index (χ4n) is 1.67. The van der Waals surface area contributed by atoms with Crippen molar-refractivity contribution in [1.29, 1.82) is 0 Å². The third-order valence-electron chi connectivity index (χ3n) is 2.40. The van der Waals surface area contributed by atoms with Crippen LogP contribution in [0.4, 0.5) is 5.95 Å². The van der Waals surface area contributed by atoms with Crippen molar-refractivity contribution in [3.05, 3.63) is 29.4 Å². The molecule has 0 aliphatic heterocycles. The summed E-state index contributed by atoms with van der Waals surface area (Å²) in [5, 5.41) is 0.269. The van der Waals surface area contributed by atoms with Crippen molar-refractivity contribution in [2.24, 2.45) is 0 Å². The van der Waals surface area contributed by atoms with Gasteiger partial charge in [0, 0.05) is 6.07 Å². The van der Waals surface area contributed by atoms with Gasteiger partial charge in [0.1, 0.15) is 16.7 Å². The number of methoxy groups -OCH3 is 2. The summed E-state index contributed by atoms with van der Waals surface area (Å²) in [6.45, 7) is 0. The number of nitrogen functional groups attached to an aromatic ring is 1. The van der Waals surface area contributed by atoms with Crippen LogP contribution >= 0.6 is 11.6 Å². The summed E-state index contributed by atoms with van der Waals surface area (Å²) in [7, 11) is 3.15. The van der Waals surface area contributed by atoms with Gasteiger partial charge in [-0.2, -0.15) is 0 Å². The van der Waals surface area contributed by atoms with Crippen LogP contribution in [0.15, 0.2) is 24.3 Å². The molecule has 0 saturated carbocycles. The SMILES string of the molecule is COc1cccc(OC)c1-c1cc(Cl)nc(N)n1. The van der Waals surface area contributed by atoms with E-state index in [1.807, 2.05) is 18.2 Å². The first-order valence-electron chi connectivity index (χ1n) is 5.17. The van der Waals surface area contributed by atoms with Crippen LogP contribution < -0.4 is 15.2 Å². The van der Waals surface area contributed by atoms with Gasteiger partial charge in [0.2, 0.25) is 5.95 Å². The molecule has 1 aromatic carbocycles. The zero-order chi connectivity index (χ0) is 13.1. The molecule has 0 radical (unpaired) electrons. The van der Waals surface area contributed by atoms with E-state index in [4.69, 9.17) is 26.8 Å². The van der Waals surface area contributed by atoms with Gasteiger partial charge >= 0.3 is 0 Å². The molecule has 0 bridgehead atoms. The topological polar surface area (TPSA) is 70.3 Å². The molecule has 2 rings (SSSR count). The maximum atomic E-state index is 5.88. The van der Waals surface area contributed by atoms with E-state index in [2.05, 4.69) is 9.97 Å². The molecule has 18 heavy (non-hydrogen) atoms. The van der Waals surface area contributed by atoms with Crippen LogP contribution in [-0.2, 0) is 0 Å². The van der Waals surface area contributed by atoms with E-state index in [-0.39, 0.29) is 11.1 Å². The Morgan fingerprint density at radius 3 is 2.22 bits per heavy atom. The van der Waals surface area contributed by atoms with E-state index >= 15 is 0 Å². The minimum atomic E-state index is 0.102. The Kier molecular flexibility index (Phi) is 3.53. The van der Waals surface area contributed by atoms with Gasteiger partial charge < -0.3 is 15.2 Å². The van der Waals surface area contributed by atoms with Crippen LogP contribution in [0, 0.1) is 0 Å². The summed E-state index contributed by atoms with van der Waals surface area (Å²) in [5.41, 5.74) is 6.84. The summed E-state index contributed by atoms with van der Waals surface area (Å²) in [6, 6.07) is 7.06. The molecule has 0 aliphatic rings. The second-order valence-electron chi connectivity index (χ2n) is 3.47. The number of hydrogen-bond acceptors (Lipinski definition) is 5. The van der Waals surface area contributed by atoms with Crippen molar-refractivity contribution in [1.82, 2.24) is 9.97 Å². The summed E-state index contributed by atoms with van der Waals surface area (Å²) >= 11 is 5.88. The quantitative estimate of drug-likeness (QED) is 0.863. The number of nitrogens with two attached hydrogens (primary N) is 1. The minimum absolute atomic E-state index is 0.102. The molecule has 0 amide bonds. The van der Waals surface area contributed by atoms with Gasteiger partial charge in [0.15, 0.2) is 0 Å². The van der Waals surface area contributed by atoms with E-state index in [1.54, 1.807) is 20.3 Å². The van der Waals surface area contributed by atoms with E-state index in [0.717, 1.165) is 0 Å². The summed E-state index contributed by atoms with van der Waals surface area (Å²) in [4.78, 5) is 7.96. The zero-order valence-electron chi connectivity index (χ0n) is 9.98. The Bertz CT molecular complexity index is 533. The maximum Gasteiger partial charge on any atom is 0.221 e. The molecular weight excluding hydrogens is 254 g/mol. The van der Waals surface area contributed by atoms with Crippen molar-refractivity contribution in [2.75, 3.05) is 20.0 Å². The van der Waals surface area contributed by atoms with E-state index < -0.39 is 0 Å². The third-order valence-corrected chi connectivity index (χ3v) is 2.59. The number of anilines is 1. The third kappa shape index (κ3) is 2.31. The number of aromatic nitrogens is 2. The predicted octanol–water partition coefficient (Wildman–Crippen LogP) is 2.40. The summed E-state index contributed by atoms with van der Waals surface area (Å²) in [5.74, 6) is 1.36. The first-order chi connectivity index (χ1) is 8.65. The van der Waals surface area contributed by atoms with Crippen LogP contribution in [-0.4, -0.2) is 24.2 Å².